The highest BCUT2D eigenvalue weighted by Crippen LogP contribution is 2.13. The summed E-state index contributed by atoms with van der Waals surface area (Å²) in [6.45, 7) is 3.86. The first-order valence-corrected chi connectivity index (χ1v) is 5.84. The summed E-state index contributed by atoms with van der Waals surface area (Å²) in [5, 5.41) is 4.71. The lowest BCUT2D eigenvalue weighted by atomic mass is 10.1. The highest BCUT2D eigenvalue weighted by Gasteiger charge is 2.18. The van der Waals surface area contributed by atoms with Gasteiger partial charge in [-0.2, -0.15) is 5.10 Å². The van der Waals surface area contributed by atoms with Gasteiger partial charge in [0.05, 0.1) is 17.7 Å². The molecule has 0 bridgehead atoms. The third-order valence-electron chi connectivity index (χ3n) is 2.77. The zero-order chi connectivity index (χ0) is 13.3. The van der Waals surface area contributed by atoms with Crippen LogP contribution in [-0.2, 0) is 18.2 Å². The van der Waals surface area contributed by atoms with E-state index in [4.69, 9.17) is 4.74 Å². The maximum atomic E-state index is 12.3. The molecule has 0 aliphatic heterocycles. The number of pyridine rings is 1. The van der Waals surface area contributed by atoms with E-state index in [2.05, 4.69) is 10.1 Å². The van der Waals surface area contributed by atoms with Gasteiger partial charge in [-0.25, -0.2) is 4.79 Å². The molecule has 2 aromatic heterocycles. The Labute approximate surface area is 104 Å². The van der Waals surface area contributed by atoms with Crippen molar-refractivity contribution in [2.75, 3.05) is 6.61 Å². The van der Waals surface area contributed by atoms with Crippen molar-refractivity contribution in [1.29, 1.82) is 0 Å². The van der Waals surface area contributed by atoms with E-state index in [1.54, 1.807) is 18.7 Å². The number of aromatic nitrogens is 3. The molecule has 0 amide bonds. The fourth-order valence-electron chi connectivity index (χ4n) is 1.93. The molecule has 0 saturated heterocycles. The summed E-state index contributed by atoms with van der Waals surface area (Å²) < 4.78 is 6.45. The van der Waals surface area contributed by atoms with Crippen molar-refractivity contribution in [3.05, 3.63) is 27.7 Å². The molecule has 2 aromatic rings. The predicted octanol–water partition coefficient (Wildman–Crippen LogP) is 1.00. The summed E-state index contributed by atoms with van der Waals surface area (Å²) in [6.07, 6.45) is 2.01. The Kier molecular flexibility index (Phi) is 3.18. The van der Waals surface area contributed by atoms with Gasteiger partial charge in [0.25, 0.3) is 0 Å². The molecular formula is C12H15N3O3. The van der Waals surface area contributed by atoms with Crippen molar-refractivity contribution in [3.63, 3.8) is 0 Å². The van der Waals surface area contributed by atoms with E-state index in [0.717, 1.165) is 0 Å². The van der Waals surface area contributed by atoms with Crippen LogP contribution < -0.4 is 5.43 Å². The van der Waals surface area contributed by atoms with Gasteiger partial charge in [-0.15, -0.1) is 0 Å². The van der Waals surface area contributed by atoms with Crippen LogP contribution in [0, 0.1) is 0 Å². The Hall–Kier alpha value is -2.11. The minimum Gasteiger partial charge on any atom is -0.462 e. The van der Waals surface area contributed by atoms with Crippen LogP contribution in [0.5, 0.6) is 0 Å². The highest BCUT2D eigenvalue weighted by atomic mass is 16.5. The van der Waals surface area contributed by atoms with Crippen LogP contribution in [0.2, 0.25) is 0 Å². The lowest BCUT2D eigenvalue weighted by Gasteiger charge is -2.01. The smallest absolute Gasteiger partial charge is 0.343 e. The number of carbonyl (C=O) groups is 1. The molecule has 0 spiro atoms. The van der Waals surface area contributed by atoms with Gasteiger partial charge in [-0.05, 0) is 13.3 Å². The Bertz CT molecular complexity index is 654. The van der Waals surface area contributed by atoms with Crippen LogP contribution in [-0.4, -0.2) is 27.3 Å². The molecule has 6 nitrogen and oxygen atoms in total. The SMILES string of the molecule is CCOC(=O)c1c[nH]c2c(c(CC)nn2C)c1=O. The largest absolute Gasteiger partial charge is 0.462 e. The molecule has 0 saturated carbocycles. The lowest BCUT2D eigenvalue weighted by molar-refractivity contribution is 0.0524. The number of nitrogens with one attached hydrogen (secondary N) is 1. The van der Waals surface area contributed by atoms with Crippen LogP contribution >= 0.6 is 0 Å². The van der Waals surface area contributed by atoms with E-state index < -0.39 is 5.97 Å². The van der Waals surface area contributed by atoms with Gasteiger partial charge in [0.15, 0.2) is 0 Å². The number of fused-ring (bicyclic) bond motifs is 1. The zero-order valence-electron chi connectivity index (χ0n) is 10.6. The molecule has 6 heteroatoms. The van der Waals surface area contributed by atoms with Gasteiger partial charge in [-0.1, -0.05) is 6.92 Å². The minimum atomic E-state index is -0.605. The number of ether oxygens (including phenoxy) is 1. The zero-order valence-corrected chi connectivity index (χ0v) is 10.6. The maximum Gasteiger partial charge on any atom is 0.343 e. The van der Waals surface area contributed by atoms with Gasteiger partial charge in [0, 0.05) is 13.2 Å². The molecule has 1 N–H and O–H groups in total. The Morgan fingerprint density at radius 2 is 2.22 bits per heavy atom. The lowest BCUT2D eigenvalue weighted by Crippen LogP contribution is -2.18. The molecule has 2 heterocycles. The molecule has 0 atom stereocenters. The van der Waals surface area contributed by atoms with Crippen LogP contribution in [0.4, 0.5) is 0 Å². The molecule has 0 aliphatic rings. The standard InChI is InChI=1S/C12H15N3O3/c1-4-8-9-10(16)7(12(17)18-5-2)6-13-11(9)15(3)14-8/h6H,4-5H2,1-3H3,(H,13,16). The molecule has 0 aromatic carbocycles. The second-order valence-electron chi connectivity index (χ2n) is 3.90. The number of aromatic amines is 1. The predicted molar refractivity (Wildman–Crippen MR) is 66.7 cm³/mol. The van der Waals surface area contributed by atoms with E-state index in [-0.39, 0.29) is 17.6 Å². The first kappa shape index (κ1) is 12.3. The Morgan fingerprint density at radius 3 is 2.83 bits per heavy atom. The van der Waals surface area contributed by atoms with Crippen LogP contribution in [0.3, 0.4) is 0 Å². The average Bonchev–Trinajstić information content (AvgIpc) is 2.68. The molecule has 2 rings (SSSR count). The topological polar surface area (TPSA) is 77.0 Å². The van der Waals surface area contributed by atoms with E-state index >= 15 is 0 Å². The number of nitrogens with zero attached hydrogens (tertiary/aromatic N) is 2. The number of aryl methyl sites for hydroxylation is 2. The van der Waals surface area contributed by atoms with Gasteiger partial charge >= 0.3 is 5.97 Å². The number of carbonyl (C=O) groups excluding carboxylic acids is 1. The summed E-state index contributed by atoms with van der Waals surface area (Å²) >= 11 is 0. The Balaban J connectivity index is 2.70. The van der Waals surface area contributed by atoms with Crippen molar-refractivity contribution < 1.29 is 9.53 Å². The summed E-state index contributed by atoms with van der Waals surface area (Å²) in [6, 6.07) is 0. The van der Waals surface area contributed by atoms with Crippen molar-refractivity contribution in [3.8, 4) is 0 Å². The van der Waals surface area contributed by atoms with Crippen molar-refractivity contribution in [2.24, 2.45) is 7.05 Å². The fraction of sp³-hybridized carbons (Fsp3) is 0.417. The molecule has 18 heavy (non-hydrogen) atoms. The first-order valence-electron chi connectivity index (χ1n) is 5.84. The molecule has 0 aliphatic carbocycles. The van der Waals surface area contributed by atoms with Crippen LogP contribution in [0.1, 0.15) is 29.9 Å². The molecule has 96 valence electrons. The van der Waals surface area contributed by atoms with E-state index in [0.29, 0.717) is 23.1 Å². The third-order valence-corrected chi connectivity index (χ3v) is 2.77. The Morgan fingerprint density at radius 1 is 1.50 bits per heavy atom. The second-order valence-corrected chi connectivity index (χ2v) is 3.90. The monoisotopic (exact) mass is 249 g/mol. The summed E-state index contributed by atoms with van der Waals surface area (Å²) in [7, 11) is 1.75. The van der Waals surface area contributed by atoms with Gasteiger partial charge in [-0.3, -0.25) is 9.48 Å². The normalized spacial score (nSPS) is 10.8. The van der Waals surface area contributed by atoms with E-state index in [9.17, 15) is 9.59 Å². The van der Waals surface area contributed by atoms with Gasteiger partial charge in [0.1, 0.15) is 11.2 Å². The minimum absolute atomic E-state index is 0.0204. The van der Waals surface area contributed by atoms with Crippen LogP contribution in [0.15, 0.2) is 11.0 Å². The van der Waals surface area contributed by atoms with E-state index in [1.165, 1.54) is 6.20 Å². The fourth-order valence-corrected chi connectivity index (χ4v) is 1.93. The number of hydrogen-bond acceptors (Lipinski definition) is 4. The quantitative estimate of drug-likeness (QED) is 0.823. The summed E-state index contributed by atoms with van der Waals surface area (Å²) in [5.41, 5.74) is 0.990. The average molecular weight is 249 g/mol. The number of hydrogen-bond donors (Lipinski definition) is 1. The van der Waals surface area contributed by atoms with Gasteiger partial charge in [0.2, 0.25) is 5.43 Å². The summed E-state index contributed by atoms with van der Waals surface area (Å²) in [4.78, 5) is 26.8. The number of rotatable bonds is 3. The summed E-state index contributed by atoms with van der Waals surface area (Å²) in [5.74, 6) is -0.605. The van der Waals surface area contributed by atoms with Gasteiger partial charge < -0.3 is 9.72 Å². The van der Waals surface area contributed by atoms with Crippen LogP contribution in [0.25, 0.3) is 11.0 Å². The maximum absolute atomic E-state index is 12.3. The number of esters is 1. The molecular weight excluding hydrogens is 234 g/mol. The molecule has 0 radical (unpaired) electrons. The second kappa shape index (κ2) is 4.64. The van der Waals surface area contributed by atoms with Crippen molar-refractivity contribution >= 4 is 17.0 Å². The first-order chi connectivity index (χ1) is 8.60. The molecule has 0 unspecified atom stereocenters. The van der Waals surface area contributed by atoms with Crippen molar-refractivity contribution in [1.82, 2.24) is 14.8 Å². The highest BCUT2D eigenvalue weighted by molar-refractivity contribution is 5.93. The number of H-pyrrole nitrogens is 1. The third kappa shape index (κ3) is 1.79. The van der Waals surface area contributed by atoms with Crippen molar-refractivity contribution in [2.45, 2.75) is 20.3 Å². The van der Waals surface area contributed by atoms with E-state index in [1.807, 2.05) is 6.92 Å². The molecule has 0 fully saturated rings.